The number of hydrogen-bond acceptors (Lipinski definition) is 5. The third-order valence-electron chi connectivity index (χ3n) is 6.66. The molecule has 176 valence electrons. The molecule has 0 aromatic carbocycles. The van der Waals surface area contributed by atoms with Crippen molar-refractivity contribution in [3.8, 4) is 0 Å². The Morgan fingerprint density at radius 3 is 2.26 bits per heavy atom. The largest absolute Gasteiger partial charge is 0.480 e. The van der Waals surface area contributed by atoms with Gasteiger partial charge < -0.3 is 14.7 Å². The maximum Gasteiger partial charge on any atom is 0.323 e. The molecule has 3 atom stereocenters. The van der Waals surface area contributed by atoms with E-state index in [0.29, 0.717) is 19.1 Å². The van der Waals surface area contributed by atoms with Crippen molar-refractivity contribution in [2.45, 2.75) is 80.8 Å². The van der Waals surface area contributed by atoms with Crippen LogP contribution in [-0.4, -0.2) is 71.6 Å². The molecule has 0 saturated carbocycles. The summed E-state index contributed by atoms with van der Waals surface area (Å²) in [7, 11) is 0. The van der Waals surface area contributed by atoms with Gasteiger partial charge in [-0.2, -0.15) is 0 Å². The lowest BCUT2D eigenvalue weighted by Crippen LogP contribution is -2.51. The summed E-state index contributed by atoms with van der Waals surface area (Å²) in [5, 5.41) is 9.65. The zero-order valence-electron chi connectivity index (χ0n) is 21.1. The number of amidine groups is 1. The van der Waals surface area contributed by atoms with Gasteiger partial charge in [-0.3, -0.25) is 14.7 Å². The van der Waals surface area contributed by atoms with Gasteiger partial charge in [-0.1, -0.05) is 62.3 Å². The van der Waals surface area contributed by atoms with Gasteiger partial charge in [-0.25, -0.2) is 0 Å². The highest BCUT2D eigenvalue weighted by molar-refractivity contribution is 5.90. The SMILES string of the molecule is CC(C)(C)C1=NC(C(C)(C)C)C(C(C)(C)C)=C2CC(CN3CCOCC3C(=O)O)CN12. The molecule has 0 bridgehead atoms. The lowest BCUT2D eigenvalue weighted by Gasteiger charge is -2.45. The van der Waals surface area contributed by atoms with Crippen LogP contribution in [0.3, 0.4) is 0 Å². The van der Waals surface area contributed by atoms with Crippen molar-refractivity contribution in [1.29, 1.82) is 0 Å². The summed E-state index contributed by atoms with van der Waals surface area (Å²) in [6.45, 7) is 23.8. The second-order valence-electron chi connectivity index (χ2n) is 12.7. The maximum atomic E-state index is 11.7. The van der Waals surface area contributed by atoms with E-state index < -0.39 is 12.0 Å². The van der Waals surface area contributed by atoms with E-state index in [1.807, 2.05) is 0 Å². The third kappa shape index (κ3) is 5.00. The van der Waals surface area contributed by atoms with Gasteiger partial charge in [0.25, 0.3) is 0 Å². The van der Waals surface area contributed by atoms with E-state index in [9.17, 15) is 9.90 Å². The van der Waals surface area contributed by atoms with Crippen LogP contribution in [0.5, 0.6) is 0 Å². The van der Waals surface area contributed by atoms with Gasteiger partial charge in [-0.15, -0.1) is 0 Å². The first-order chi connectivity index (χ1) is 14.1. The number of nitrogens with zero attached hydrogens (tertiary/aromatic N) is 3. The number of carbonyl (C=O) groups is 1. The predicted octanol–water partition coefficient (Wildman–Crippen LogP) is 4.27. The van der Waals surface area contributed by atoms with Crippen LogP contribution in [0.2, 0.25) is 0 Å². The summed E-state index contributed by atoms with van der Waals surface area (Å²) in [5.41, 5.74) is 2.89. The predicted molar refractivity (Wildman–Crippen MR) is 125 cm³/mol. The van der Waals surface area contributed by atoms with Gasteiger partial charge in [0.05, 0.1) is 19.3 Å². The number of aliphatic carboxylic acids is 1. The Balaban J connectivity index is 1.99. The first kappa shape index (κ1) is 24.2. The number of aliphatic imine (C=N–C) groups is 1. The van der Waals surface area contributed by atoms with Crippen molar-refractivity contribution in [3.63, 3.8) is 0 Å². The lowest BCUT2D eigenvalue weighted by molar-refractivity contribution is -0.150. The van der Waals surface area contributed by atoms with E-state index in [4.69, 9.17) is 9.73 Å². The highest BCUT2D eigenvalue weighted by Gasteiger charge is 2.47. The molecule has 0 radical (unpaired) electrons. The average molecular weight is 434 g/mol. The first-order valence-corrected chi connectivity index (χ1v) is 11.7. The minimum Gasteiger partial charge on any atom is -0.480 e. The summed E-state index contributed by atoms with van der Waals surface area (Å²) in [6, 6.07) is -0.387. The number of morpholine rings is 1. The fourth-order valence-electron chi connectivity index (χ4n) is 5.31. The highest BCUT2D eigenvalue weighted by Crippen LogP contribution is 2.48. The standard InChI is InChI=1S/C25H43N3O3/c1-23(2,3)19-17-12-16(13-27-10-11-31-15-18(27)21(29)30)14-28(17)22(25(7,8)9)26-20(19)24(4,5)6/h16,18,20H,10-15H2,1-9H3,(H,29,30). The van der Waals surface area contributed by atoms with E-state index >= 15 is 0 Å². The van der Waals surface area contributed by atoms with Crippen LogP contribution in [-0.2, 0) is 9.53 Å². The van der Waals surface area contributed by atoms with Crippen molar-refractivity contribution in [2.75, 3.05) is 32.8 Å². The average Bonchev–Trinajstić information content (AvgIpc) is 3.00. The summed E-state index contributed by atoms with van der Waals surface area (Å²) in [5.74, 6) is 0.781. The summed E-state index contributed by atoms with van der Waals surface area (Å²) in [4.78, 5) is 21.7. The second kappa shape index (κ2) is 8.18. The quantitative estimate of drug-likeness (QED) is 0.720. The molecular weight excluding hydrogens is 390 g/mol. The number of ether oxygens (including phenoxy) is 1. The fraction of sp³-hybridized carbons (Fsp3) is 0.840. The van der Waals surface area contributed by atoms with Crippen molar-refractivity contribution in [2.24, 2.45) is 27.2 Å². The molecule has 6 nitrogen and oxygen atoms in total. The van der Waals surface area contributed by atoms with Crippen molar-refractivity contribution in [1.82, 2.24) is 9.80 Å². The molecule has 0 spiro atoms. The van der Waals surface area contributed by atoms with Crippen molar-refractivity contribution >= 4 is 11.8 Å². The van der Waals surface area contributed by atoms with Crippen LogP contribution in [0, 0.1) is 22.2 Å². The van der Waals surface area contributed by atoms with Crippen molar-refractivity contribution in [3.05, 3.63) is 11.3 Å². The molecule has 0 aromatic heterocycles. The number of hydrogen-bond donors (Lipinski definition) is 1. The van der Waals surface area contributed by atoms with E-state index in [1.54, 1.807) is 0 Å². The number of allylic oxidation sites excluding steroid dienone is 1. The van der Waals surface area contributed by atoms with Gasteiger partial charge in [0.15, 0.2) is 0 Å². The molecule has 6 heteroatoms. The van der Waals surface area contributed by atoms with Crippen LogP contribution in [0.15, 0.2) is 16.3 Å². The molecule has 2 fully saturated rings. The minimum atomic E-state index is -0.783. The van der Waals surface area contributed by atoms with Crippen LogP contribution in [0.1, 0.15) is 68.7 Å². The lowest BCUT2D eigenvalue weighted by atomic mass is 9.70. The molecule has 3 unspecified atom stereocenters. The second-order valence-corrected chi connectivity index (χ2v) is 12.7. The Morgan fingerprint density at radius 1 is 1.10 bits per heavy atom. The molecule has 0 aromatic rings. The van der Waals surface area contributed by atoms with Crippen LogP contribution in [0.4, 0.5) is 0 Å². The van der Waals surface area contributed by atoms with E-state index in [0.717, 1.165) is 19.5 Å². The van der Waals surface area contributed by atoms with E-state index in [-0.39, 0.29) is 28.9 Å². The van der Waals surface area contributed by atoms with Crippen LogP contribution >= 0.6 is 0 Å². The Hall–Kier alpha value is -1.40. The molecule has 2 saturated heterocycles. The van der Waals surface area contributed by atoms with Gasteiger partial charge in [0.2, 0.25) is 0 Å². The minimum absolute atomic E-state index is 0.0237. The Labute approximate surface area is 188 Å². The maximum absolute atomic E-state index is 11.7. The zero-order chi connectivity index (χ0) is 23.4. The topological polar surface area (TPSA) is 65.4 Å². The molecular formula is C25H43N3O3. The van der Waals surface area contributed by atoms with Crippen molar-refractivity contribution < 1.29 is 14.6 Å². The number of carboxylic acids is 1. The van der Waals surface area contributed by atoms with Gasteiger partial charge in [-0.05, 0) is 28.7 Å². The normalized spacial score (nSPS) is 28.6. The molecule has 3 rings (SSSR count). The molecule has 3 heterocycles. The fourth-order valence-corrected chi connectivity index (χ4v) is 5.31. The van der Waals surface area contributed by atoms with E-state index in [1.165, 1.54) is 17.1 Å². The van der Waals surface area contributed by atoms with Crippen LogP contribution in [0.25, 0.3) is 0 Å². The smallest absolute Gasteiger partial charge is 0.323 e. The molecule has 0 amide bonds. The van der Waals surface area contributed by atoms with E-state index in [2.05, 4.69) is 72.1 Å². The van der Waals surface area contributed by atoms with Gasteiger partial charge in [0.1, 0.15) is 11.9 Å². The summed E-state index contributed by atoms with van der Waals surface area (Å²) in [6.07, 6.45) is 0.984. The molecule has 3 aliphatic rings. The Morgan fingerprint density at radius 2 is 1.74 bits per heavy atom. The van der Waals surface area contributed by atoms with Gasteiger partial charge >= 0.3 is 5.97 Å². The number of rotatable bonds is 3. The molecule has 1 N–H and O–H groups in total. The Bertz CT molecular complexity index is 764. The summed E-state index contributed by atoms with van der Waals surface area (Å²) < 4.78 is 5.45. The highest BCUT2D eigenvalue weighted by atomic mass is 16.5. The van der Waals surface area contributed by atoms with Crippen LogP contribution < -0.4 is 0 Å². The molecule has 3 aliphatic heterocycles. The third-order valence-corrected chi connectivity index (χ3v) is 6.66. The number of fused-ring (bicyclic) bond motifs is 1. The molecule has 0 aliphatic carbocycles. The monoisotopic (exact) mass is 433 g/mol. The molecule has 31 heavy (non-hydrogen) atoms. The first-order valence-electron chi connectivity index (χ1n) is 11.7. The zero-order valence-corrected chi connectivity index (χ0v) is 21.1. The number of carboxylic acid groups (broad SMARTS) is 1. The summed E-state index contributed by atoms with van der Waals surface area (Å²) >= 11 is 0. The van der Waals surface area contributed by atoms with Gasteiger partial charge in [0, 0.05) is 30.7 Å². The Kier molecular flexibility index (Phi) is 6.40.